The number of aliphatic imine (C=N–C) groups is 1. The number of amidine groups is 1. The highest BCUT2D eigenvalue weighted by Crippen LogP contribution is 2.35. The summed E-state index contributed by atoms with van der Waals surface area (Å²) in [7, 11) is 0. The molecule has 4 unspecified atom stereocenters. The Balaban J connectivity index is 0.00000178. The minimum absolute atomic E-state index is 0. The van der Waals surface area contributed by atoms with E-state index in [4.69, 9.17) is 20.9 Å². The Morgan fingerprint density at radius 2 is 1.56 bits per heavy atom. The second kappa shape index (κ2) is 13.3. The van der Waals surface area contributed by atoms with Gasteiger partial charge in [0.25, 0.3) is 5.91 Å². The maximum Gasteiger partial charge on any atom is 0.265 e. The molecule has 39 heavy (non-hydrogen) atoms. The highest BCUT2D eigenvalue weighted by atomic mass is 35.5. The number of carbonyl (C=O) groups is 1. The van der Waals surface area contributed by atoms with Crippen LogP contribution in [0.3, 0.4) is 0 Å². The first-order chi connectivity index (χ1) is 17.3. The number of rotatable bonds is 6. The number of fused-ring (bicyclic) bond motifs is 2. The van der Waals surface area contributed by atoms with Gasteiger partial charge in [0.15, 0.2) is 12.2 Å². The van der Waals surface area contributed by atoms with Crippen LogP contribution in [0.1, 0.15) is 49.5 Å². The van der Waals surface area contributed by atoms with E-state index in [9.17, 15) is 4.79 Å². The number of amides is 1. The van der Waals surface area contributed by atoms with Crippen LogP contribution in [-0.4, -0.2) is 24.0 Å². The van der Waals surface area contributed by atoms with Gasteiger partial charge in [-0.25, -0.2) is 4.99 Å². The fourth-order valence-electron chi connectivity index (χ4n) is 4.38. The van der Waals surface area contributed by atoms with E-state index >= 15 is 0 Å². The number of carbonyl (C=O) groups excluding carboxylic acids is 1. The minimum atomic E-state index is -0.487. The lowest BCUT2D eigenvalue weighted by Gasteiger charge is -2.24. The predicted molar refractivity (Wildman–Crippen MR) is 164 cm³/mol. The van der Waals surface area contributed by atoms with Crippen molar-refractivity contribution in [3.05, 3.63) is 77.4 Å². The molecule has 2 heterocycles. The summed E-state index contributed by atoms with van der Waals surface area (Å²) in [5.41, 5.74) is 18.0. The summed E-state index contributed by atoms with van der Waals surface area (Å²) in [6.07, 6.45) is -0.0158. The molecule has 2 aliphatic rings. The highest BCUT2D eigenvalue weighted by Gasteiger charge is 2.24. The zero-order chi connectivity index (χ0) is 25.4. The Bertz CT molecular complexity index is 1340. The number of hydrogen-bond donors (Lipinski definition) is 4. The van der Waals surface area contributed by atoms with Gasteiger partial charge in [-0.1, -0.05) is 30.3 Å². The highest BCUT2D eigenvalue weighted by molar-refractivity contribution is 5.98. The zero-order valence-corrected chi connectivity index (χ0v) is 24.3. The first-order valence-corrected chi connectivity index (χ1v) is 12.1. The summed E-state index contributed by atoms with van der Waals surface area (Å²) in [5.74, 6) is 1.73. The van der Waals surface area contributed by atoms with Crippen LogP contribution in [0.4, 0.5) is 17.1 Å². The monoisotopic (exact) mass is 593 g/mol. The average molecular weight is 595 g/mol. The van der Waals surface area contributed by atoms with Crippen molar-refractivity contribution in [3.8, 4) is 11.5 Å². The number of halogens is 3. The van der Waals surface area contributed by atoms with Gasteiger partial charge < -0.3 is 31.6 Å². The molecule has 0 spiro atoms. The van der Waals surface area contributed by atoms with Crippen LogP contribution in [0, 0.1) is 0 Å². The summed E-state index contributed by atoms with van der Waals surface area (Å²) >= 11 is 0. The molecule has 0 aliphatic carbocycles. The first kappa shape index (κ1) is 32.0. The molecule has 1 amide bonds. The SMILES string of the molecule is CC1Oc2ccc(NC(C)c3ccc(CC(N)c4ccc5c(c4)N=C(N)C(C)O5)cc3)cc2NC1=O.Cl.Cl.Cl. The summed E-state index contributed by atoms with van der Waals surface area (Å²) in [6.45, 7) is 5.71. The fourth-order valence-corrected chi connectivity index (χ4v) is 4.38. The fraction of sp³-hybridized carbons (Fsp3) is 0.286. The standard InChI is InChI=1S/C28H31N5O3.3ClH/c1-15(31-21-9-11-26-24(14-21)33-28(34)17(3)36-26)19-6-4-18(5-7-19)12-22(29)20-8-10-25-23(13-20)32-27(30)16(2)35-25;;;/h4-11,13-17,22,31H,12,29H2,1-3H3,(H2,30,32)(H,33,34);3*1H. The average Bonchev–Trinajstić information content (AvgIpc) is 2.85. The molecule has 8 nitrogen and oxygen atoms in total. The van der Waals surface area contributed by atoms with E-state index in [1.165, 1.54) is 0 Å². The lowest BCUT2D eigenvalue weighted by atomic mass is 9.97. The van der Waals surface area contributed by atoms with Crippen LogP contribution in [0.5, 0.6) is 11.5 Å². The van der Waals surface area contributed by atoms with E-state index in [-0.39, 0.29) is 61.3 Å². The summed E-state index contributed by atoms with van der Waals surface area (Å²) < 4.78 is 11.4. The van der Waals surface area contributed by atoms with Gasteiger partial charge in [0.2, 0.25) is 0 Å². The normalized spacial score (nSPS) is 18.5. The molecule has 0 aromatic heterocycles. The molecule has 0 bridgehead atoms. The second-order valence-electron chi connectivity index (χ2n) is 9.40. The van der Waals surface area contributed by atoms with Gasteiger partial charge >= 0.3 is 0 Å². The Morgan fingerprint density at radius 1 is 0.923 bits per heavy atom. The summed E-state index contributed by atoms with van der Waals surface area (Å²) in [4.78, 5) is 16.4. The zero-order valence-electron chi connectivity index (χ0n) is 21.8. The quantitative estimate of drug-likeness (QED) is 0.284. The summed E-state index contributed by atoms with van der Waals surface area (Å²) in [5, 5.41) is 6.38. The molecule has 3 aromatic rings. The van der Waals surface area contributed by atoms with Crippen molar-refractivity contribution in [2.75, 3.05) is 10.6 Å². The third-order valence-corrected chi connectivity index (χ3v) is 6.61. The Kier molecular flexibility index (Phi) is 10.9. The van der Waals surface area contributed by atoms with E-state index < -0.39 is 6.10 Å². The Morgan fingerprint density at radius 3 is 2.28 bits per heavy atom. The molecule has 0 saturated carbocycles. The molecule has 0 radical (unpaired) electrons. The lowest BCUT2D eigenvalue weighted by Crippen LogP contribution is -2.34. The van der Waals surface area contributed by atoms with Crippen molar-refractivity contribution in [2.24, 2.45) is 16.5 Å². The van der Waals surface area contributed by atoms with E-state index in [1.54, 1.807) is 6.92 Å². The van der Waals surface area contributed by atoms with Crippen LogP contribution in [0.2, 0.25) is 0 Å². The Labute approximate surface area is 247 Å². The van der Waals surface area contributed by atoms with Crippen molar-refractivity contribution in [1.82, 2.24) is 0 Å². The maximum atomic E-state index is 11.9. The molecule has 0 saturated heterocycles. The molecule has 0 fully saturated rings. The van der Waals surface area contributed by atoms with Gasteiger partial charge in [0, 0.05) is 17.8 Å². The van der Waals surface area contributed by atoms with E-state index in [2.05, 4.69) is 46.8 Å². The molecular formula is C28H34Cl3N5O3. The summed E-state index contributed by atoms with van der Waals surface area (Å²) in [6, 6.07) is 19.9. The molecule has 6 N–H and O–H groups in total. The van der Waals surface area contributed by atoms with Crippen molar-refractivity contribution >= 4 is 66.0 Å². The number of benzene rings is 3. The van der Waals surface area contributed by atoms with Crippen LogP contribution in [0.15, 0.2) is 65.7 Å². The first-order valence-electron chi connectivity index (χ1n) is 12.1. The van der Waals surface area contributed by atoms with Crippen molar-refractivity contribution in [3.63, 3.8) is 0 Å². The molecular weight excluding hydrogens is 561 g/mol. The van der Waals surface area contributed by atoms with Crippen LogP contribution >= 0.6 is 37.2 Å². The third kappa shape index (κ3) is 7.08. The van der Waals surface area contributed by atoms with Crippen LogP contribution < -0.4 is 31.6 Å². The van der Waals surface area contributed by atoms with E-state index in [1.807, 2.05) is 43.3 Å². The van der Waals surface area contributed by atoms with Gasteiger partial charge in [0.1, 0.15) is 23.0 Å². The van der Waals surface area contributed by atoms with Gasteiger partial charge in [-0.3, -0.25) is 4.79 Å². The van der Waals surface area contributed by atoms with Crippen LogP contribution in [-0.2, 0) is 11.2 Å². The minimum Gasteiger partial charge on any atom is -0.481 e. The Hall–Kier alpha value is -3.17. The molecule has 5 rings (SSSR count). The number of anilines is 2. The number of nitrogens with one attached hydrogen (secondary N) is 2. The van der Waals surface area contributed by atoms with Crippen LogP contribution in [0.25, 0.3) is 0 Å². The van der Waals surface area contributed by atoms with Crippen molar-refractivity contribution in [1.29, 1.82) is 0 Å². The van der Waals surface area contributed by atoms with E-state index in [0.717, 1.165) is 33.8 Å². The van der Waals surface area contributed by atoms with Gasteiger partial charge in [-0.2, -0.15) is 0 Å². The molecule has 3 aromatic carbocycles. The molecule has 4 atom stereocenters. The topological polar surface area (TPSA) is 124 Å². The van der Waals surface area contributed by atoms with E-state index in [0.29, 0.717) is 23.7 Å². The smallest absolute Gasteiger partial charge is 0.265 e. The van der Waals surface area contributed by atoms with Crippen molar-refractivity contribution in [2.45, 2.75) is 51.5 Å². The second-order valence-corrected chi connectivity index (χ2v) is 9.40. The molecule has 11 heteroatoms. The number of hydrogen-bond acceptors (Lipinski definition) is 7. The lowest BCUT2D eigenvalue weighted by molar-refractivity contribution is -0.122. The predicted octanol–water partition coefficient (Wildman–Crippen LogP) is 5.86. The largest absolute Gasteiger partial charge is 0.481 e. The number of ether oxygens (including phenoxy) is 2. The van der Waals surface area contributed by atoms with Gasteiger partial charge in [-0.05, 0) is 74.2 Å². The molecule has 2 aliphatic heterocycles. The third-order valence-electron chi connectivity index (χ3n) is 6.61. The van der Waals surface area contributed by atoms with Crippen molar-refractivity contribution < 1.29 is 14.3 Å². The van der Waals surface area contributed by atoms with Gasteiger partial charge in [-0.15, -0.1) is 37.2 Å². The number of nitrogens with zero attached hydrogens (tertiary/aromatic N) is 1. The van der Waals surface area contributed by atoms with Gasteiger partial charge in [0.05, 0.1) is 5.69 Å². The molecule has 210 valence electrons. The number of nitrogens with two attached hydrogens (primary N) is 2. The maximum absolute atomic E-state index is 11.9.